The molecule has 0 N–H and O–H groups in total. The van der Waals surface area contributed by atoms with Gasteiger partial charge in [0.15, 0.2) is 0 Å². The van der Waals surface area contributed by atoms with Crippen molar-refractivity contribution >= 4 is 42.5 Å². The average molecular weight is 251 g/mol. The summed E-state index contributed by atoms with van der Waals surface area (Å²) in [5.41, 5.74) is 0.709. The summed E-state index contributed by atoms with van der Waals surface area (Å²) in [6.45, 7) is 0. The first-order chi connectivity index (χ1) is 6.65. The molecule has 0 aliphatic rings. The van der Waals surface area contributed by atoms with E-state index >= 15 is 0 Å². The number of hydrogen-bond donors (Lipinski definition) is 0. The molecule has 0 aliphatic heterocycles. The van der Waals surface area contributed by atoms with Crippen molar-refractivity contribution in [3.05, 3.63) is 35.4 Å². The SMILES string of the molecule is O=C(Cl)c1ccccc1C=[P+]([O-])OCl. The number of hydrogen-bond acceptors (Lipinski definition) is 3. The van der Waals surface area contributed by atoms with Gasteiger partial charge in [0.1, 0.15) is 17.7 Å². The average Bonchev–Trinajstić information content (AvgIpc) is 2.18. The quantitative estimate of drug-likeness (QED) is 0.610. The first-order valence-corrected chi connectivity index (χ1v) is 5.47. The summed E-state index contributed by atoms with van der Waals surface area (Å²) in [5, 5.41) is -0.616. The molecule has 14 heavy (non-hydrogen) atoms. The van der Waals surface area contributed by atoms with E-state index in [1.54, 1.807) is 18.2 Å². The second kappa shape index (κ2) is 5.44. The van der Waals surface area contributed by atoms with E-state index in [9.17, 15) is 9.69 Å². The van der Waals surface area contributed by atoms with Crippen molar-refractivity contribution in [1.82, 2.24) is 0 Å². The van der Waals surface area contributed by atoms with Crippen molar-refractivity contribution in [1.29, 1.82) is 0 Å². The van der Waals surface area contributed by atoms with Gasteiger partial charge in [-0.3, -0.25) is 4.79 Å². The second-order valence-electron chi connectivity index (χ2n) is 2.34. The molecular weight excluding hydrogens is 246 g/mol. The molecule has 3 nitrogen and oxygen atoms in total. The van der Waals surface area contributed by atoms with E-state index in [4.69, 9.17) is 23.5 Å². The molecule has 1 aromatic rings. The fourth-order valence-electron chi connectivity index (χ4n) is 0.922. The fourth-order valence-corrected chi connectivity index (χ4v) is 1.71. The zero-order valence-electron chi connectivity index (χ0n) is 6.81. The lowest BCUT2D eigenvalue weighted by molar-refractivity contribution is -0.165. The molecule has 0 fully saturated rings. The summed E-state index contributed by atoms with van der Waals surface area (Å²) in [6.07, 6.45) is 0. The zero-order chi connectivity index (χ0) is 10.6. The predicted molar refractivity (Wildman–Crippen MR) is 55.6 cm³/mol. The Morgan fingerprint density at radius 3 is 2.71 bits per heavy atom. The van der Waals surface area contributed by atoms with Crippen LogP contribution >= 0.6 is 31.5 Å². The Balaban J connectivity index is 3.14. The van der Waals surface area contributed by atoms with Gasteiger partial charge in [-0.15, -0.1) is 0 Å². The van der Waals surface area contributed by atoms with E-state index in [0.717, 1.165) is 0 Å². The first-order valence-electron chi connectivity index (χ1n) is 3.54. The number of carbonyl (C=O) groups is 1. The van der Waals surface area contributed by atoms with Crippen molar-refractivity contribution in [2.45, 2.75) is 0 Å². The van der Waals surface area contributed by atoms with Crippen molar-refractivity contribution in [3.63, 3.8) is 0 Å². The van der Waals surface area contributed by atoms with E-state index in [2.05, 4.69) is 4.08 Å². The van der Waals surface area contributed by atoms with Crippen molar-refractivity contribution in [2.24, 2.45) is 0 Å². The Hall–Kier alpha value is -0.440. The van der Waals surface area contributed by atoms with Gasteiger partial charge in [0.05, 0.1) is 0 Å². The number of carbonyl (C=O) groups excluding carboxylic acids is 1. The van der Waals surface area contributed by atoms with Crippen LogP contribution in [0.3, 0.4) is 0 Å². The molecule has 0 saturated heterocycles. The van der Waals surface area contributed by atoms with Crippen LogP contribution in [0.5, 0.6) is 0 Å². The largest absolute Gasteiger partial charge is 0.601 e. The molecule has 0 saturated carbocycles. The minimum atomic E-state index is -2.12. The number of rotatable bonds is 3. The van der Waals surface area contributed by atoms with E-state index in [1.807, 2.05) is 0 Å². The molecule has 6 heteroatoms. The van der Waals surface area contributed by atoms with Gasteiger partial charge in [0.25, 0.3) is 5.24 Å². The predicted octanol–water partition coefficient (Wildman–Crippen LogP) is 2.06. The molecule has 0 aliphatic carbocycles. The Bertz CT molecular complexity index is 379. The Morgan fingerprint density at radius 1 is 1.50 bits per heavy atom. The van der Waals surface area contributed by atoms with E-state index < -0.39 is 13.2 Å². The topological polar surface area (TPSA) is 49.4 Å². The standard InChI is InChI=1S/C8H5Cl2O3P/c9-8(11)7-4-2-1-3-6(7)5-14(12)13-10/h1-5H. The molecule has 0 radical (unpaired) electrons. The highest BCUT2D eigenvalue weighted by molar-refractivity contribution is 7.46. The van der Waals surface area contributed by atoms with Crippen LogP contribution in [0, 0.1) is 0 Å². The van der Waals surface area contributed by atoms with Gasteiger partial charge in [-0.1, -0.05) is 22.3 Å². The smallest absolute Gasteiger partial charge is 0.253 e. The van der Waals surface area contributed by atoms with Crippen LogP contribution in [0.4, 0.5) is 0 Å². The molecule has 1 aromatic carbocycles. The highest BCUT2D eigenvalue weighted by Crippen LogP contribution is 2.18. The van der Waals surface area contributed by atoms with Gasteiger partial charge in [0.2, 0.25) is 8.00 Å². The number of halogens is 2. The lowest BCUT2D eigenvalue weighted by Gasteiger charge is -1.97. The van der Waals surface area contributed by atoms with Gasteiger partial charge in [-0.25, -0.2) is 0 Å². The minimum absolute atomic E-state index is 0.270. The molecule has 74 valence electrons. The highest BCUT2D eigenvalue weighted by atomic mass is 35.5. The van der Waals surface area contributed by atoms with Crippen LogP contribution in [0.2, 0.25) is 0 Å². The molecule has 0 aromatic heterocycles. The molecule has 1 atom stereocenters. The van der Waals surface area contributed by atoms with Crippen LogP contribution in [-0.2, 0) is 4.08 Å². The maximum atomic E-state index is 10.9. The van der Waals surface area contributed by atoms with Crippen LogP contribution < -0.4 is 4.89 Å². The molecular formula is C8H5Cl2O3P. The van der Waals surface area contributed by atoms with Gasteiger partial charge in [0, 0.05) is 11.1 Å². The maximum Gasteiger partial charge on any atom is 0.253 e. The highest BCUT2D eigenvalue weighted by Gasteiger charge is 2.09. The third-order valence-electron chi connectivity index (χ3n) is 1.49. The van der Waals surface area contributed by atoms with E-state index in [0.29, 0.717) is 5.56 Å². The first kappa shape index (κ1) is 11.6. The van der Waals surface area contributed by atoms with Gasteiger partial charge >= 0.3 is 0 Å². The molecule has 1 unspecified atom stereocenters. The second-order valence-corrected chi connectivity index (χ2v) is 4.07. The van der Waals surface area contributed by atoms with Crippen molar-refractivity contribution in [3.8, 4) is 0 Å². The van der Waals surface area contributed by atoms with E-state index in [-0.39, 0.29) is 5.56 Å². The number of benzene rings is 1. The monoisotopic (exact) mass is 250 g/mol. The summed E-state index contributed by atoms with van der Waals surface area (Å²) in [7, 11) is -2.12. The summed E-state index contributed by atoms with van der Waals surface area (Å²) in [4.78, 5) is 21.9. The lowest BCUT2D eigenvalue weighted by atomic mass is 10.1. The van der Waals surface area contributed by atoms with Gasteiger partial charge in [-0.05, 0) is 17.7 Å². The van der Waals surface area contributed by atoms with Crippen LogP contribution in [-0.4, -0.2) is 11.0 Å². The zero-order valence-corrected chi connectivity index (χ0v) is 9.22. The van der Waals surface area contributed by atoms with Gasteiger partial charge < -0.3 is 4.89 Å². The Labute approximate surface area is 91.9 Å². The maximum absolute atomic E-state index is 10.9. The van der Waals surface area contributed by atoms with Crippen molar-refractivity contribution < 1.29 is 13.8 Å². The summed E-state index contributed by atoms with van der Waals surface area (Å²) < 4.78 is 4.06. The Morgan fingerprint density at radius 2 is 2.14 bits per heavy atom. The van der Waals surface area contributed by atoms with Gasteiger partial charge in [-0.2, -0.15) is 0 Å². The van der Waals surface area contributed by atoms with E-state index in [1.165, 1.54) is 11.9 Å². The molecule has 0 heterocycles. The molecule has 0 bridgehead atoms. The summed E-state index contributed by atoms with van der Waals surface area (Å²) >= 11 is 10.2. The third kappa shape index (κ3) is 3.05. The third-order valence-corrected chi connectivity index (χ3v) is 2.72. The normalized spacial score (nSPS) is 11.5. The summed E-state index contributed by atoms with van der Waals surface area (Å²) in [6, 6.07) is 6.46. The van der Waals surface area contributed by atoms with Crippen LogP contribution in [0.15, 0.2) is 24.3 Å². The minimum Gasteiger partial charge on any atom is -0.601 e. The molecule has 1 rings (SSSR count). The van der Waals surface area contributed by atoms with Crippen LogP contribution in [0.25, 0.3) is 0 Å². The molecule has 0 spiro atoms. The molecule has 0 amide bonds. The summed E-state index contributed by atoms with van der Waals surface area (Å²) in [5.74, 6) is 1.23. The lowest BCUT2D eigenvalue weighted by Crippen LogP contribution is -1.98. The van der Waals surface area contributed by atoms with Crippen LogP contribution in [0.1, 0.15) is 15.9 Å². The fraction of sp³-hybridized carbons (Fsp3) is 0. The van der Waals surface area contributed by atoms with Crippen molar-refractivity contribution in [2.75, 3.05) is 0 Å². The Kier molecular flexibility index (Phi) is 4.52.